The molecule has 0 saturated carbocycles. The van der Waals surface area contributed by atoms with Gasteiger partial charge in [0.1, 0.15) is 0 Å². The quantitative estimate of drug-likeness (QED) is 0.486. The molecule has 0 aromatic rings. The Balaban J connectivity index is -0.0000000910. The SMILES string of the molecule is CCCC[NH-].[CH2-]CCC.[Zn+2]. The zero-order valence-corrected chi connectivity index (χ0v) is 10.4. The van der Waals surface area contributed by atoms with Gasteiger partial charge in [-0.2, -0.15) is 13.0 Å². The zero-order valence-electron chi connectivity index (χ0n) is 7.45. The minimum Gasteiger partial charge on any atom is -0.677 e. The van der Waals surface area contributed by atoms with Gasteiger partial charge in [0.2, 0.25) is 0 Å². The number of nitrogens with one attached hydrogen (secondary N) is 1. The van der Waals surface area contributed by atoms with Gasteiger partial charge in [-0.1, -0.05) is 33.1 Å². The summed E-state index contributed by atoms with van der Waals surface area (Å²) in [4.78, 5) is 0. The Labute approximate surface area is 78.5 Å². The van der Waals surface area contributed by atoms with E-state index < -0.39 is 0 Å². The maximum Gasteiger partial charge on any atom is 2.00 e. The van der Waals surface area contributed by atoms with E-state index in [9.17, 15) is 0 Å². The molecule has 58 valence electrons. The number of rotatable bonds is 3. The summed E-state index contributed by atoms with van der Waals surface area (Å²) in [5, 5.41) is 0. The zero-order chi connectivity index (χ0) is 7.54. The number of hydrogen-bond acceptors (Lipinski definition) is 0. The summed E-state index contributed by atoms with van der Waals surface area (Å²) in [5.41, 5.74) is 6.60. The van der Waals surface area contributed by atoms with Crippen molar-refractivity contribution in [2.75, 3.05) is 6.54 Å². The van der Waals surface area contributed by atoms with Crippen molar-refractivity contribution in [3.8, 4) is 0 Å². The van der Waals surface area contributed by atoms with E-state index in [1.165, 1.54) is 6.42 Å². The van der Waals surface area contributed by atoms with Gasteiger partial charge in [-0.15, -0.1) is 0 Å². The molecule has 0 aliphatic rings. The molecule has 1 nitrogen and oxygen atoms in total. The van der Waals surface area contributed by atoms with Crippen molar-refractivity contribution in [2.24, 2.45) is 0 Å². The van der Waals surface area contributed by atoms with E-state index in [-0.39, 0.29) is 19.5 Å². The van der Waals surface area contributed by atoms with Crippen LogP contribution < -0.4 is 0 Å². The van der Waals surface area contributed by atoms with Crippen LogP contribution >= 0.6 is 0 Å². The van der Waals surface area contributed by atoms with Crippen molar-refractivity contribution in [1.82, 2.24) is 0 Å². The summed E-state index contributed by atoms with van der Waals surface area (Å²) in [6.07, 6.45) is 4.49. The molecule has 0 amide bonds. The molecule has 1 N–H and O–H groups in total. The molecule has 0 aromatic heterocycles. The normalized spacial score (nSPS) is 7.20. The molecule has 0 rings (SSSR count). The molecule has 0 spiro atoms. The predicted octanol–water partition coefficient (Wildman–Crippen LogP) is 3.46. The fourth-order valence-electron chi connectivity index (χ4n) is 0.177. The largest absolute Gasteiger partial charge is 2.00 e. The van der Waals surface area contributed by atoms with Crippen molar-refractivity contribution in [3.63, 3.8) is 0 Å². The molecule has 0 aliphatic carbocycles. The van der Waals surface area contributed by atoms with Crippen molar-refractivity contribution < 1.29 is 19.5 Å². The van der Waals surface area contributed by atoms with Crippen LogP contribution in [0.4, 0.5) is 0 Å². The molecule has 0 unspecified atom stereocenters. The molecule has 0 bridgehead atoms. The standard InChI is InChI=1S/C4H10N.C4H9.Zn/c1-2-3-4-5;1-3-4-2;/h5H,2-4H2,1H3;1,3-4H2,2H3;/q2*-1;+2. The average Bonchev–Trinajstić information content (AvgIpc) is 1.91. The van der Waals surface area contributed by atoms with Crippen LogP contribution in [-0.4, -0.2) is 6.54 Å². The van der Waals surface area contributed by atoms with Crippen LogP contribution in [0.3, 0.4) is 0 Å². The van der Waals surface area contributed by atoms with E-state index in [4.69, 9.17) is 5.73 Å². The number of hydrogen-bond donors (Lipinski definition) is 0. The van der Waals surface area contributed by atoms with Crippen molar-refractivity contribution in [1.29, 1.82) is 0 Å². The predicted molar refractivity (Wildman–Crippen MR) is 44.4 cm³/mol. The van der Waals surface area contributed by atoms with Gasteiger partial charge in [0.15, 0.2) is 0 Å². The summed E-state index contributed by atoms with van der Waals surface area (Å²) in [6, 6.07) is 0. The van der Waals surface area contributed by atoms with Gasteiger partial charge < -0.3 is 12.7 Å². The van der Waals surface area contributed by atoms with E-state index in [2.05, 4.69) is 20.8 Å². The van der Waals surface area contributed by atoms with Gasteiger partial charge in [-0.05, 0) is 0 Å². The second kappa shape index (κ2) is 22.6. The Bertz CT molecular complexity index is 28.4. The molecule has 0 atom stereocenters. The van der Waals surface area contributed by atoms with Crippen LogP contribution in [0.15, 0.2) is 0 Å². The summed E-state index contributed by atoms with van der Waals surface area (Å²) >= 11 is 0. The minimum atomic E-state index is 0. The number of unbranched alkanes of at least 4 members (excludes halogenated alkanes) is 2. The average molecular weight is 195 g/mol. The van der Waals surface area contributed by atoms with Crippen LogP contribution in [0, 0.1) is 6.92 Å². The Kier molecular flexibility index (Phi) is 38.3. The topological polar surface area (TPSA) is 23.8 Å². The second-order valence-corrected chi connectivity index (χ2v) is 1.96. The van der Waals surface area contributed by atoms with Crippen LogP contribution in [0.2, 0.25) is 0 Å². The van der Waals surface area contributed by atoms with Crippen LogP contribution in [0.5, 0.6) is 0 Å². The third kappa shape index (κ3) is 38.4. The third-order valence-electron chi connectivity index (χ3n) is 0.884. The summed E-state index contributed by atoms with van der Waals surface area (Å²) < 4.78 is 0. The van der Waals surface area contributed by atoms with Gasteiger partial charge in [-0.25, -0.2) is 0 Å². The first-order valence-corrected chi connectivity index (χ1v) is 3.77. The molecule has 0 heterocycles. The maximum atomic E-state index is 6.60. The Morgan fingerprint density at radius 1 is 1.20 bits per heavy atom. The fourth-order valence-corrected chi connectivity index (χ4v) is 0.177. The Morgan fingerprint density at radius 2 is 1.60 bits per heavy atom. The van der Waals surface area contributed by atoms with Gasteiger partial charge in [0.25, 0.3) is 0 Å². The van der Waals surface area contributed by atoms with E-state index >= 15 is 0 Å². The summed E-state index contributed by atoms with van der Waals surface area (Å²) in [5.74, 6) is 0. The Hall–Kier alpha value is 0.583. The van der Waals surface area contributed by atoms with Crippen molar-refractivity contribution in [3.05, 3.63) is 12.7 Å². The van der Waals surface area contributed by atoms with Gasteiger partial charge >= 0.3 is 19.5 Å². The van der Waals surface area contributed by atoms with Crippen LogP contribution in [0.25, 0.3) is 5.73 Å². The first kappa shape index (κ1) is 16.9. The first-order valence-electron chi connectivity index (χ1n) is 3.77. The molecule has 10 heavy (non-hydrogen) atoms. The van der Waals surface area contributed by atoms with Gasteiger partial charge in [0.05, 0.1) is 0 Å². The molecule has 0 aliphatic heterocycles. The van der Waals surface area contributed by atoms with Crippen LogP contribution in [-0.2, 0) is 19.5 Å². The van der Waals surface area contributed by atoms with E-state index in [0.29, 0.717) is 6.54 Å². The first-order chi connectivity index (χ1) is 4.33. The monoisotopic (exact) mass is 193 g/mol. The molecular weight excluding hydrogens is 175 g/mol. The van der Waals surface area contributed by atoms with E-state index in [0.717, 1.165) is 19.3 Å². The minimum absolute atomic E-state index is 0. The molecular formula is C8H19NZn. The van der Waals surface area contributed by atoms with Crippen LogP contribution in [0.1, 0.15) is 39.5 Å². The van der Waals surface area contributed by atoms with Crippen molar-refractivity contribution >= 4 is 0 Å². The third-order valence-corrected chi connectivity index (χ3v) is 0.884. The summed E-state index contributed by atoms with van der Waals surface area (Å²) in [6.45, 7) is 8.41. The van der Waals surface area contributed by atoms with E-state index in [1.807, 2.05) is 0 Å². The smallest absolute Gasteiger partial charge is 0.677 e. The second-order valence-electron chi connectivity index (χ2n) is 1.96. The maximum absolute atomic E-state index is 6.60. The molecule has 0 aromatic carbocycles. The van der Waals surface area contributed by atoms with Crippen molar-refractivity contribution in [2.45, 2.75) is 39.5 Å². The van der Waals surface area contributed by atoms with E-state index in [1.54, 1.807) is 0 Å². The van der Waals surface area contributed by atoms with Gasteiger partial charge in [0, 0.05) is 0 Å². The molecule has 0 saturated heterocycles. The molecule has 2 heteroatoms. The van der Waals surface area contributed by atoms with Gasteiger partial charge in [-0.3, -0.25) is 0 Å². The Morgan fingerprint density at radius 3 is 1.60 bits per heavy atom. The molecule has 0 radical (unpaired) electrons. The summed E-state index contributed by atoms with van der Waals surface area (Å²) in [7, 11) is 0. The fraction of sp³-hybridized carbons (Fsp3) is 0.875. The molecule has 0 fully saturated rings.